The van der Waals surface area contributed by atoms with Gasteiger partial charge in [0.15, 0.2) is 5.96 Å². The molecular weight excluding hydrogens is 522 g/mol. The van der Waals surface area contributed by atoms with E-state index in [1.54, 1.807) is 7.05 Å². The van der Waals surface area contributed by atoms with Gasteiger partial charge in [-0.1, -0.05) is 24.3 Å². The molecule has 172 valence electrons. The number of hydrogen-bond acceptors (Lipinski definition) is 4. The highest BCUT2D eigenvalue weighted by atomic mass is 127. The number of guanidine groups is 1. The Morgan fingerprint density at radius 3 is 2.62 bits per heavy atom. The Morgan fingerprint density at radius 1 is 1.16 bits per heavy atom. The number of nitrogens with zero attached hydrogens (tertiary/aromatic N) is 3. The number of H-pyrrole nitrogens is 1. The van der Waals surface area contributed by atoms with Crippen LogP contribution in [0.5, 0.6) is 0 Å². The van der Waals surface area contributed by atoms with Crippen molar-refractivity contribution in [1.82, 2.24) is 25.5 Å². The number of morpholine rings is 1. The molecule has 4 rings (SSSR count). The van der Waals surface area contributed by atoms with Crippen molar-refractivity contribution in [2.75, 3.05) is 46.4 Å². The van der Waals surface area contributed by atoms with Crippen LogP contribution >= 0.6 is 24.0 Å². The lowest BCUT2D eigenvalue weighted by molar-refractivity contribution is 0.0170. The zero-order chi connectivity index (χ0) is 21.5. The standard InChI is InChI=1S/C23H29FN6O.HI/c1-25-23(26-11-10-22-28-19-4-2-3-5-20(19)29-22)27-16-21(30-12-14-31-15-13-30)17-6-8-18(24)9-7-17;/h2-9,21H,10-16H2,1H3,(H,28,29)(H2,25,26,27);1H. The van der Waals surface area contributed by atoms with Crippen LogP contribution < -0.4 is 10.6 Å². The fourth-order valence-electron chi connectivity index (χ4n) is 3.87. The molecule has 1 aliphatic heterocycles. The van der Waals surface area contributed by atoms with Crippen LogP contribution in [0.1, 0.15) is 17.4 Å². The lowest BCUT2D eigenvalue weighted by Gasteiger charge is -2.35. The smallest absolute Gasteiger partial charge is 0.191 e. The number of fused-ring (bicyclic) bond motifs is 1. The van der Waals surface area contributed by atoms with Crippen molar-refractivity contribution in [2.45, 2.75) is 12.5 Å². The molecule has 1 saturated heterocycles. The van der Waals surface area contributed by atoms with Crippen molar-refractivity contribution in [2.24, 2.45) is 4.99 Å². The molecule has 7 nitrogen and oxygen atoms in total. The molecule has 9 heteroatoms. The van der Waals surface area contributed by atoms with E-state index in [-0.39, 0.29) is 35.8 Å². The number of rotatable bonds is 7. The number of imidazole rings is 1. The maximum absolute atomic E-state index is 13.4. The summed E-state index contributed by atoms with van der Waals surface area (Å²) in [6.45, 7) is 4.49. The van der Waals surface area contributed by atoms with E-state index in [4.69, 9.17) is 4.74 Å². The summed E-state index contributed by atoms with van der Waals surface area (Å²) in [5.74, 6) is 1.46. The largest absolute Gasteiger partial charge is 0.379 e. The molecule has 0 amide bonds. The molecule has 1 fully saturated rings. The van der Waals surface area contributed by atoms with Crippen LogP contribution in [-0.4, -0.2) is 67.3 Å². The van der Waals surface area contributed by atoms with Gasteiger partial charge in [0.2, 0.25) is 0 Å². The van der Waals surface area contributed by atoms with Crippen LogP contribution in [0, 0.1) is 5.82 Å². The molecule has 0 spiro atoms. The Hall–Kier alpha value is -2.24. The number of benzene rings is 2. The van der Waals surface area contributed by atoms with E-state index in [0.717, 1.165) is 47.9 Å². The second kappa shape index (κ2) is 12.1. The molecule has 0 bridgehead atoms. The quantitative estimate of drug-likeness (QED) is 0.239. The van der Waals surface area contributed by atoms with E-state index in [0.29, 0.717) is 26.3 Å². The topological polar surface area (TPSA) is 77.6 Å². The fourth-order valence-corrected chi connectivity index (χ4v) is 3.87. The van der Waals surface area contributed by atoms with Crippen molar-refractivity contribution < 1.29 is 9.13 Å². The predicted octanol–water partition coefficient (Wildman–Crippen LogP) is 3.10. The van der Waals surface area contributed by atoms with E-state index in [2.05, 4.69) is 30.5 Å². The Labute approximate surface area is 204 Å². The first-order valence-corrected chi connectivity index (χ1v) is 10.7. The van der Waals surface area contributed by atoms with Gasteiger partial charge in [0.1, 0.15) is 11.6 Å². The molecule has 1 aromatic heterocycles. The van der Waals surface area contributed by atoms with E-state index in [1.807, 2.05) is 36.4 Å². The van der Waals surface area contributed by atoms with Crippen LogP contribution in [0.2, 0.25) is 0 Å². The zero-order valence-electron chi connectivity index (χ0n) is 18.2. The summed E-state index contributed by atoms with van der Waals surface area (Å²) in [6, 6.07) is 14.9. The first-order chi connectivity index (χ1) is 15.2. The van der Waals surface area contributed by atoms with Crippen molar-refractivity contribution >= 4 is 41.0 Å². The fraction of sp³-hybridized carbons (Fsp3) is 0.391. The lowest BCUT2D eigenvalue weighted by atomic mass is 10.0. The number of nitrogens with one attached hydrogen (secondary N) is 3. The molecule has 3 aromatic rings. The molecule has 0 saturated carbocycles. The van der Waals surface area contributed by atoms with Gasteiger partial charge in [-0.3, -0.25) is 9.89 Å². The van der Waals surface area contributed by atoms with Gasteiger partial charge in [0.05, 0.1) is 30.3 Å². The number of ether oxygens (including phenoxy) is 1. The number of aromatic amines is 1. The first-order valence-electron chi connectivity index (χ1n) is 10.7. The molecule has 0 aliphatic carbocycles. The monoisotopic (exact) mass is 552 g/mol. The van der Waals surface area contributed by atoms with E-state index in [9.17, 15) is 4.39 Å². The maximum Gasteiger partial charge on any atom is 0.191 e. The third-order valence-electron chi connectivity index (χ3n) is 5.52. The van der Waals surface area contributed by atoms with Crippen molar-refractivity contribution in [3.05, 3.63) is 65.7 Å². The van der Waals surface area contributed by atoms with Gasteiger partial charge in [0, 0.05) is 39.6 Å². The Kier molecular flexibility index (Phi) is 9.24. The van der Waals surface area contributed by atoms with Crippen LogP contribution in [0.25, 0.3) is 11.0 Å². The SMILES string of the molecule is CN=C(NCCc1nc2ccccc2[nH]1)NCC(c1ccc(F)cc1)N1CCOCC1.I. The minimum Gasteiger partial charge on any atom is -0.379 e. The van der Waals surface area contributed by atoms with Crippen LogP contribution in [-0.2, 0) is 11.2 Å². The summed E-state index contributed by atoms with van der Waals surface area (Å²) in [5.41, 5.74) is 3.11. The minimum atomic E-state index is -0.222. The second-order valence-electron chi connectivity index (χ2n) is 7.55. The third-order valence-corrected chi connectivity index (χ3v) is 5.52. The zero-order valence-corrected chi connectivity index (χ0v) is 20.5. The summed E-state index contributed by atoms with van der Waals surface area (Å²) in [4.78, 5) is 14.7. The van der Waals surface area contributed by atoms with Crippen LogP contribution in [0.4, 0.5) is 4.39 Å². The Balaban J connectivity index is 0.00000289. The molecule has 1 unspecified atom stereocenters. The Morgan fingerprint density at radius 2 is 1.91 bits per heavy atom. The first kappa shape index (κ1) is 24.4. The maximum atomic E-state index is 13.4. The van der Waals surface area contributed by atoms with Crippen molar-refractivity contribution in [3.8, 4) is 0 Å². The summed E-state index contributed by atoms with van der Waals surface area (Å²) in [7, 11) is 1.76. The minimum absolute atomic E-state index is 0. The number of aromatic nitrogens is 2. The van der Waals surface area contributed by atoms with Gasteiger partial charge < -0.3 is 20.4 Å². The summed E-state index contributed by atoms with van der Waals surface area (Å²) >= 11 is 0. The molecule has 2 heterocycles. The summed E-state index contributed by atoms with van der Waals surface area (Å²) in [6.07, 6.45) is 0.764. The molecule has 1 aliphatic rings. The van der Waals surface area contributed by atoms with Gasteiger partial charge in [-0.25, -0.2) is 9.37 Å². The molecule has 32 heavy (non-hydrogen) atoms. The van der Waals surface area contributed by atoms with Gasteiger partial charge >= 0.3 is 0 Å². The highest BCUT2D eigenvalue weighted by molar-refractivity contribution is 14.0. The van der Waals surface area contributed by atoms with Gasteiger partial charge in [0.25, 0.3) is 0 Å². The lowest BCUT2D eigenvalue weighted by Crippen LogP contribution is -2.46. The molecular formula is C23H30FIN6O. The predicted molar refractivity (Wildman–Crippen MR) is 136 cm³/mol. The van der Waals surface area contributed by atoms with Crippen LogP contribution in [0.3, 0.4) is 0 Å². The Bertz CT molecular complexity index is 970. The molecule has 0 radical (unpaired) electrons. The number of para-hydroxylation sites is 2. The normalized spacial score (nSPS) is 15.9. The highest BCUT2D eigenvalue weighted by Crippen LogP contribution is 2.21. The van der Waals surface area contributed by atoms with Gasteiger partial charge in [-0.2, -0.15) is 0 Å². The van der Waals surface area contributed by atoms with E-state index in [1.165, 1.54) is 12.1 Å². The number of hydrogen-bond donors (Lipinski definition) is 3. The van der Waals surface area contributed by atoms with Crippen LogP contribution in [0.15, 0.2) is 53.5 Å². The second-order valence-corrected chi connectivity index (χ2v) is 7.55. The average molecular weight is 552 g/mol. The third kappa shape index (κ3) is 6.39. The summed E-state index contributed by atoms with van der Waals surface area (Å²) in [5, 5.41) is 6.78. The average Bonchev–Trinajstić information content (AvgIpc) is 3.22. The molecule has 2 aromatic carbocycles. The van der Waals surface area contributed by atoms with E-state index < -0.39 is 0 Å². The number of halogens is 2. The summed E-state index contributed by atoms with van der Waals surface area (Å²) < 4.78 is 18.9. The highest BCUT2D eigenvalue weighted by Gasteiger charge is 2.23. The number of aliphatic imine (C=N–C) groups is 1. The van der Waals surface area contributed by atoms with Gasteiger partial charge in [-0.15, -0.1) is 24.0 Å². The van der Waals surface area contributed by atoms with Gasteiger partial charge in [-0.05, 0) is 29.8 Å². The van der Waals surface area contributed by atoms with Crippen molar-refractivity contribution in [3.63, 3.8) is 0 Å². The molecule has 1 atom stereocenters. The molecule has 3 N–H and O–H groups in total. The van der Waals surface area contributed by atoms with Crippen molar-refractivity contribution in [1.29, 1.82) is 0 Å². The van der Waals surface area contributed by atoms with E-state index >= 15 is 0 Å².